The van der Waals surface area contributed by atoms with Crippen molar-refractivity contribution in [2.75, 3.05) is 19.6 Å². The van der Waals surface area contributed by atoms with Crippen LogP contribution in [0, 0.1) is 0 Å². The van der Waals surface area contributed by atoms with E-state index in [9.17, 15) is 4.79 Å². The first kappa shape index (κ1) is 13.9. The average Bonchev–Trinajstić information content (AvgIpc) is 2.46. The van der Waals surface area contributed by atoms with Crippen LogP contribution in [0.4, 0.5) is 4.79 Å². The molecule has 2 amide bonds. The van der Waals surface area contributed by atoms with Crippen molar-refractivity contribution in [3.63, 3.8) is 0 Å². The molecule has 0 aromatic heterocycles. The van der Waals surface area contributed by atoms with Gasteiger partial charge in [0.05, 0.1) is 0 Å². The zero-order chi connectivity index (χ0) is 13.5. The molecule has 4 nitrogen and oxygen atoms in total. The highest BCUT2D eigenvalue weighted by molar-refractivity contribution is 5.74. The van der Waals surface area contributed by atoms with Gasteiger partial charge in [-0.15, -0.1) is 0 Å². The average molecular weight is 261 g/mol. The highest BCUT2D eigenvalue weighted by atomic mass is 16.2. The molecule has 2 N–H and O–H groups in total. The first-order valence-electron chi connectivity index (χ1n) is 7.09. The van der Waals surface area contributed by atoms with E-state index in [0.717, 1.165) is 38.0 Å². The van der Waals surface area contributed by atoms with Gasteiger partial charge in [-0.3, -0.25) is 0 Å². The van der Waals surface area contributed by atoms with Gasteiger partial charge in [0, 0.05) is 25.7 Å². The van der Waals surface area contributed by atoms with Crippen molar-refractivity contribution in [1.82, 2.24) is 15.5 Å². The molecule has 0 saturated carbocycles. The van der Waals surface area contributed by atoms with Crippen LogP contribution in [-0.2, 0) is 6.54 Å². The zero-order valence-corrected chi connectivity index (χ0v) is 11.6. The zero-order valence-electron chi connectivity index (χ0n) is 11.6. The highest BCUT2D eigenvalue weighted by Crippen LogP contribution is 2.10. The maximum absolute atomic E-state index is 12.1. The van der Waals surface area contributed by atoms with Crippen LogP contribution in [-0.4, -0.2) is 36.6 Å². The van der Waals surface area contributed by atoms with Crippen LogP contribution < -0.4 is 10.6 Å². The largest absolute Gasteiger partial charge is 0.334 e. The number of carbonyl (C=O) groups excluding carboxylic acids is 1. The molecule has 1 unspecified atom stereocenters. The SMILES string of the molecule is CCNC1CCCN(C(=O)NCc2ccccc2)C1. The Kier molecular flexibility index (Phi) is 5.21. The second kappa shape index (κ2) is 7.14. The number of likely N-dealkylation sites (N-methyl/N-ethyl adjacent to an activating group) is 1. The van der Waals surface area contributed by atoms with E-state index in [-0.39, 0.29) is 6.03 Å². The van der Waals surface area contributed by atoms with Crippen LogP contribution >= 0.6 is 0 Å². The number of piperidine rings is 1. The Hall–Kier alpha value is -1.55. The first-order valence-corrected chi connectivity index (χ1v) is 7.09. The number of likely N-dealkylation sites (tertiary alicyclic amines) is 1. The fourth-order valence-corrected chi connectivity index (χ4v) is 2.50. The normalized spacial score (nSPS) is 19.2. The molecule has 0 spiro atoms. The lowest BCUT2D eigenvalue weighted by Gasteiger charge is -2.33. The van der Waals surface area contributed by atoms with Crippen molar-refractivity contribution >= 4 is 6.03 Å². The molecular weight excluding hydrogens is 238 g/mol. The van der Waals surface area contributed by atoms with E-state index in [1.54, 1.807) is 0 Å². The van der Waals surface area contributed by atoms with Crippen LogP contribution in [0.3, 0.4) is 0 Å². The molecule has 0 aliphatic carbocycles. The summed E-state index contributed by atoms with van der Waals surface area (Å²) in [6, 6.07) is 10.5. The Labute approximate surface area is 115 Å². The Balaban J connectivity index is 1.79. The summed E-state index contributed by atoms with van der Waals surface area (Å²) in [6.07, 6.45) is 2.24. The van der Waals surface area contributed by atoms with Gasteiger partial charge in [0.2, 0.25) is 0 Å². The number of carbonyl (C=O) groups is 1. The Bertz CT molecular complexity index is 392. The summed E-state index contributed by atoms with van der Waals surface area (Å²) < 4.78 is 0. The molecule has 1 atom stereocenters. The molecular formula is C15H23N3O. The fourth-order valence-electron chi connectivity index (χ4n) is 2.50. The summed E-state index contributed by atoms with van der Waals surface area (Å²) in [5.74, 6) is 0. The molecule has 1 aromatic carbocycles. The molecule has 1 aromatic rings. The second-order valence-corrected chi connectivity index (χ2v) is 4.99. The third kappa shape index (κ3) is 4.24. The maximum Gasteiger partial charge on any atom is 0.317 e. The monoisotopic (exact) mass is 261 g/mol. The van der Waals surface area contributed by atoms with Crippen molar-refractivity contribution < 1.29 is 4.79 Å². The fraction of sp³-hybridized carbons (Fsp3) is 0.533. The lowest BCUT2D eigenvalue weighted by atomic mass is 10.1. The summed E-state index contributed by atoms with van der Waals surface area (Å²) in [6.45, 7) is 5.34. The maximum atomic E-state index is 12.1. The van der Waals surface area contributed by atoms with Gasteiger partial charge < -0.3 is 15.5 Å². The standard InChI is InChI=1S/C15H23N3O/c1-2-16-14-9-6-10-18(12-14)15(19)17-11-13-7-4-3-5-8-13/h3-5,7-8,14,16H,2,6,9-12H2,1H3,(H,17,19). The minimum absolute atomic E-state index is 0.0476. The van der Waals surface area contributed by atoms with Crippen LogP contribution in [0.2, 0.25) is 0 Å². The summed E-state index contributed by atoms with van der Waals surface area (Å²) in [7, 11) is 0. The number of benzene rings is 1. The Morgan fingerprint density at radius 3 is 2.89 bits per heavy atom. The van der Waals surface area contributed by atoms with Crippen molar-refractivity contribution in [1.29, 1.82) is 0 Å². The molecule has 1 aliphatic heterocycles. The number of nitrogens with one attached hydrogen (secondary N) is 2. The molecule has 2 rings (SSSR count). The van der Waals surface area contributed by atoms with Gasteiger partial charge in [-0.25, -0.2) is 4.79 Å². The molecule has 1 heterocycles. The third-order valence-corrected chi connectivity index (χ3v) is 3.49. The van der Waals surface area contributed by atoms with Gasteiger partial charge in [0.25, 0.3) is 0 Å². The van der Waals surface area contributed by atoms with Crippen molar-refractivity contribution in [3.8, 4) is 0 Å². The number of nitrogens with zero attached hydrogens (tertiary/aromatic N) is 1. The van der Waals surface area contributed by atoms with E-state index in [0.29, 0.717) is 12.6 Å². The van der Waals surface area contributed by atoms with Gasteiger partial charge in [0.1, 0.15) is 0 Å². The van der Waals surface area contributed by atoms with Crippen molar-refractivity contribution in [3.05, 3.63) is 35.9 Å². The molecule has 104 valence electrons. The summed E-state index contributed by atoms with van der Waals surface area (Å²) in [4.78, 5) is 14.0. The van der Waals surface area contributed by atoms with E-state index in [4.69, 9.17) is 0 Å². The Morgan fingerprint density at radius 1 is 1.37 bits per heavy atom. The van der Waals surface area contributed by atoms with E-state index in [2.05, 4.69) is 17.6 Å². The Morgan fingerprint density at radius 2 is 2.16 bits per heavy atom. The topological polar surface area (TPSA) is 44.4 Å². The van der Waals surface area contributed by atoms with Crippen molar-refractivity contribution in [2.24, 2.45) is 0 Å². The summed E-state index contributed by atoms with van der Waals surface area (Å²) in [5.41, 5.74) is 1.14. The van der Waals surface area contributed by atoms with Crippen LogP contribution in [0.1, 0.15) is 25.3 Å². The highest BCUT2D eigenvalue weighted by Gasteiger charge is 2.22. The van der Waals surface area contributed by atoms with Crippen LogP contribution in [0.5, 0.6) is 0 Å². The smallest absolute Gasteiger partial charge is 0.317 e. The van der Waals surface area contributed by atoms with Crippen molar-refractivity contribution in [2.45, 2.75) is 32.4 Å². The van der Waals surface area contributed by atoms with E-state index < -0.39 is 0 Å². The van der Waals surface area contributed by atoms with Gasteiger partial charge in [-0.05, 0) is 24.9 Å². The van der Waals surface area contributed by atoms with Gasteiger partial charge >= 0.3 is 6.03 Å². The van der Waals surface area contributed by atoms with Gasteiger partial charge in [-0.1, -0.05) is 37.3 Å². The molecule has 1 aliphatic rings. The number of hydrogen-bond donors (Lipinski definition) is 2. The van der Waals surface area contributed by atoms with Crippen LogP contribution in [0.25, 0.3) is 0 Å². The number of hydrogen-bond acceptors (Lipinski definition) is 2. The lowest BCUT2D eigenvalue weighted by Crippen LogP contribution is -2.50. The molecule has 0 radical (unpaired) electrons. The number of amides is 2. The second-order valence-electron chi connectivity index (χ2n) is 4.99. The molecule has 0 bridgehead atoms. The quantitative estimate of drug-likeness (QED) is 0.870. The summed E-state index contributed by atoms with van der Waals surface area (Å²) >= 11 is 0. The minimum Gasteiger partial charge on any atom is -0.334 e. The van der Waals surface area contributed by atoms with E-state index in [1.165, 1.54) is 0 Å². The predicted molar refractivity (Wildman–Crippen MR) is 76.9 cm³/mol. The summed E-state index contributed by atoms with van der Waals surface area (Å²) in [5, 5.41) is 6.41. The van der Waals surface area contributed by atoms with E-state index in [1.807, 2.05) is 35.2 Å². The molecule has 4 heteroatoms. The minimum atomic E-state index is 0.0476. The number of rotatable bonds is 4. The van der Waals surface area contributed by atoms with E-state index >= 15 is 0 Å². The van der Waals surface area contributed by atoms with Gasteiger partial charge in [-0.2, -0.15) is 0 Å². The molecule has 1 saturated heterocycles. The molecule has 19 heavy (non-hydrogen) atoms. The molecule has 1 fully saturated rings. The lowest BCUT2D eigenvalue weighted by molar-refractivity contribution is 0.173. The first-order chi connectivity index (χ1) is 9.29. The predicted octanol–water partition coefficient (Wildman–Crippen LogP) is 1.97. The third-order valence-electron chi connectivity index (χ3n) is 3.49. The van der Waals surface area contributed by atoms with Crippen LogP contribution in [0.15, 0.2) is 30.3 Å². The van der Waals surface area contributed by atoms with Gasteiger partial charge in [0.15, 0.2) is 0 Å². The number of urea groups is 1.